The summed E-state index contributed by atoms with van der Waals surface area (Å²) < 4.78 is 5.53. The molecule has 0 radical (unpaired) electrons. The molecule has 16 heavy (non-hydrogen) atoms. The van der Waals surface area contributed by atoms with Crippen molar-refractivity contribution in [2.75, 3.05) is 18.1 Å². The predicted octanol–water partition coefficient (Wildman–Crippen LogP) is 1.29. The maximum atomic E-state index is 10.8. The van der Waals surface area contributed by atoms with Gasteiger partial charge >= 0.3 is 5.97 Å². The fourth-order valence-corrected chi connectivity index (χ4v) is 2.33. The van der Waals surface area contributed by atoms with Crippen LogP contribution < -0.4 is 0 Å². The first-order valence-corrected chi connectivity index (χ1v) is 6.10. The Kier molecular flexibility index (Phi) is 3.40. The quantitative estimate of drug-likeness (QED) is 0.839. The molecule has 0 amide bonds. The van der Waals surface area contributed by atoms with Crippen LogP contribution in [0.1, 0.15) is 28.0 Å². The van der Waals surface area contributed by atoms with Gasteiger partial charge in [0, 0.05) is 17.7 Å². The molecule has 2 heterocycles. The molecule has 1 N–H and O–H groups in total. The number of hydrogen-bond acceptors (Lipinski definition) is 5. The van der Waals surface area contributed by atoms with Crippen molar-refractivity contribution in [1.29, 1.82) is 0 Å². The zero-order valence-corrected chi connectivity index (χ0v) is 9.66. The number of aromatic nitrogens is 2. The summed E-state index contributed by atoms with van der Waals surface area (Å²) in [6, 6.07) is 0. The topological polar surface area (TPSA) is 72.3 Å². The largest absolute Gasteiger partial charge is 0.478 e. The van der Waals surface area contributed by atoms with E-state index in [2.05, 4.69) is 9.97 Å². The van der Waals surface area contributed by atoms with E-state index in [0.29, 0.717) is 18.1 Å². The van der Waals surface area contributed by atoms with E-state index in [4.69, 9.17) is 9.84 Å². The van der Waals surface area contributed by atoms with Crippen LogP contribution in [0, 0.1) is 6.92 Å². The highest BCUT2D eigenvalue weighted by atomic mass is 32.2. The standard InChI is InChI=1S/C10H12N2O3S/c1-6-7(10(13)14)4-11-9(12-6)8-5-16-3-2-15-8/h4,8H,2-3,5H2,1H3,(H,13,14). The number of thioether (sulfide) groups is 1. The van der Waals surface area contributed by atoms with Crippen LogP contribution in [-0.2, 0) is 4.74 Å². The van der Waals surface area contributed by atoms with Crippen LogP contribution in [0.5, 0.6) is 0 Å². The molecule has 86 valence electrons. The molecule has 1 atom stereocenters. The highest BCUT2D eigenvalue weighted by molar-refractivity contribution is 7.99. The molecule has 1 aromatic rings. The highest BCUT2D eigenvalue weighted by Gasteiger charge is 2.20. The van der Waals surface area contributed by atoms with Gasteiger partial charge in [0.05, 0.1) is 17.9 Å². The molecule has 0 aromatic carbocycles. The Labute approximate surface area is 97.2 Å². The first-order chi connectivity index (χ1) is 7.68. The van der Waals surface area contributed by atoms with Crippen LogP contribution in [-0.4, -0.2) is 39.2 Å². The molecule has 0 spiro atoms. The fraction of sp³-hybridized carbons (Fsp3) is 0.500. The molecule has 0 bridgehead atoms. The second-order valence-corrected chi connectivity index (χ2v) is 4.62. The van der Waals surface area contributed by atoms with Gasteiger partial charge in [0.1, 0.15) is 6.10 Å². The summed E-state index contributed by atoms with van der Waals surface area (Å²) in [5.74, 6) is 1.40. The monoisotopic (exact) mass is 240 g/mol. The Morgan fingerprint density at radius 2 is 2.50 bits per heavy atom. The molecular weight excluding hydrogens is 228 g/mol. The summed E-state index contributed by atoms with van der Waals surface area (Å²) in [5, 5.41) is 8.85. The van der Waals surface area contributed by atoms with Gasteiger partial charge in [-0.2, -0.15) is 11.8 Å². The third-order valence-electron chi connectivity index (χ3n) is 2.33. The van der Waals surface area contributed by atoms with Crippen molar-refractivity contribution >= 4 is 17.7 Å². The van der Waals surface area contributed by atoms with E-state index in [1.165, 1.54) is 6.20 Å². The number of hydrogen-bond donors (Lipinski definition) is 1. The molecule has 1 saturated heterocycles. The lowest BCUT2D eigenvalue weighted by Gasteiger charge is -2.21. The lowest BCUT2D eigenvalue weighted by Crippen LogP contribution is -2.19. The lowest BCUT2D eigenvalue weighted by molar-refractivity contribution is 0.0671. The van der Waals surface area contributed by atoms with Crippen molar-refractivity contribution in [2.24, 2.45) is 0 Å². The number of aromatic carboxylic acids is 1. The predicted molar refractivity (Wildman–Crippen MR) is 59.7 cm³/mol. The number of nitrogens with zero attached hydrogens (tertiary/aromatic N) is 2. The van der Waals surface area contributed by atoms with Crippen molar-refractivity contribution in [3.05, 3.63) is 23.3 Å². The Morgan fingerprint density at radius 3 is 3.06 bits per heavy atom. The van der Waals surface area contributed by atoms with Crippen LogP contribution in [0.25, 0.3) is 0 Å². The van der Waals surface area contributed by atoms with Crippen molar-refractivity contribution in [2.45, 2.75) is 13.0 Å². The molecule has 0 saturated carbocycles. The number of carboxylic acids is 1. The molecule has 0 aliphatic carbocycles. The van der Waals surface area contributed by atoms with Gasteiger partial charge in [-0.15, -0.1) is 0 Å². The van der Waals surface area contributed by atoms with Crippen molar-refractivity contribution in [1.82, 2.24) is 9.97 Å². The summed E-state index contributed by atoms with van der Waals surface area (Å²) in [4.78, 5) is 19.0. The Hall–Kier alpha value is -1.14. The van der Waals surface area contributed by atoms with Crippen LogP contribution in [0.15, 0.2) is 6.20 Å². The molecule has 1 fully saturated rings. The normalized spacial score (nSPS) is 20.7. The van der Waals surface area contributed by atoms with E-state index in [9.17, 15) is 4.79 Å². The number of carboxylic acid groups (broad SMARTS) is 1. The van der Waals surface area contributed by atoms with Crippen molar-refractivity contribution in [3.8, 4) is 0 Å². The minimum Gasteiger partial charge on any atom is -0.478 e. The first kappa shape index (κ1) is 11.3. The molecular formula is C10H12N2O3S. The van der Waals surface area contributed by atoms with Crippen LogP contribution in [0.2, 0.25) is 0 Å². The zero-order chi connectivity index (χ0) is 11.5. The van der Waals surface area contributed by atoms with Gasteiger partial charge in [0.15, 0.2) is 5.82 Å². The minimum atomic E-state index is -0.997. The van der Waals surface area contributed by atoms with Crippen molar-refractivity contribution in [3.63, 3.8) is 0 Å². The average Bonchev–Trinajstić information content (AvgIpc) is 2.29. The maximum absolute atomic E-state index is 10.8. The molecule has 2 rings (SSSR count). The fourth-order valence-electron chi connectivity index (χ4n) is 1.49. The summed E-state index contributed by atoms with van der Waals surface area (Å²) in [5.41, 5.74) is 0.629. The van der Waals surface area contributed by atoms with Crippen molar-refractivity contribution < 1.29 is 14.6 Å². The first-order valence-electron chi connectivity index (χ1n) is 4.94. The molecule has 1 aromatic heterocycles. The molecule has 1 aliphatic rings. The van der Waals surface area contributed by atoms with Crippen LogP contribution in [0.3, 0.4) is 0 Å². The molecule has 1 aliphatic heterocycles. The summed E-state index contributed by atoms with van der Waals surface area (Å²) >= 11 is 1.79. The van der Waals surface area contributed by atoms with Gasteiger partial charge in [-0.05, 0) is 6.92 Å². The number of rotatable bonds is 2. The Balaban J connectivity index is 2.23. The number of ether oxygens (including phenoxy) is 1. The molecule has 1 unspecified atom stereocenters. The van der Waals surface area contributed by atoms with Crippen LogP contribution in [0.4, 0.5) is 0 Å². The summed E-state index contributed by atoms with van der Waals surface area (Å²) in [6.45, 7) is 2.36. The van der Waals surface area contributed by atoms with E-state index in [1.807, 2.05) is 0 Å². The van der Waals surface area contributed by atoms with Crippen LogP contribution >= 0.6 is 11.8 Å². The average molecular weight is 240 g/mol. The number of aryl methyl sites for hydroxylation is 1. The highest BCUT2D eigenvalue weighted by Crippen LogP contribution is 2.24. The van der Waals surface area contributed by atoms with Gasteiger partial charge < -0.3 is 9.84 Å². The lowest BCUT2D eigenvalue weighted by atomic mass is 10.2. The second-order valence-electron chi connectivity index (χ2n) is 3.47. The zero-order valence-electron chi connectivity index (χ0n) is 8.84. The minimum absolute atomic E-state index is 0.111. The van der Waals surface area contributed by atoms with Gasteiger partial charge in [0.25, 0.3) is 0 Å². The van der Waals surface area contributed by atoms with E-state index in [1.54, 1.807) is 18.7 Å². The third kappa shape index (κ3) is 2.33. The van der Waals surface area contributed by atoms with Gasteiger partial charge in [-0.1, -0.05) is 0 Å². The second kappa shape index (κ2) is 4.80. The molecule has 5 nitrogen and oxygen atoms in total. The Bertz CT molecular complexity index is 405. The maximum Gasteiger partial charge on any atom is 0.339 e. The van der Waals surface area contributed by atoms with E-state index < -0.39 is 5.97 Å². The summed E-state index contributed by atoms with van der Waals surface area (Å²) in [6.07, 6.45) is 1.24. The van der Waals surface area contributed by atoms with E-state index >= 15 is 0 Å². The smallest absolute Gasteiger partial charge is 0.339 e. The Morgan fingerprint density at radius 1 is 1.69 bits per heavy atom. The van der Waals surface area contributed by atoms with E-state index in [0.717, 1.165) is 11.5 Å². The number of carbonyl (C=O) groups is 1. The van der Waals surface area contributed by atoms with Gasteiger partial charge in [0.2, 0.25) is 0 Å². The third-order valence-corrected chi connectivity index (χ3v) is 3.33. The van der Waals surface area contributed by atoms with E-state index in [-0.39, 0.29) is 11.7 Å². The van der Waals surface area contributed by atoms with Gasteiger partial charge in [-0.25, -0.2) is 14.8 Å². The van der Waals surface area contributed by atoms with Gasteiger partial charge in [-0.3, -0.25) is 0 Å². The summed E-state index contributed by atoms with van der Waals surface area (Å²) in [7, 11) is 0. The SMILES string of the molecule is Cc1nc(C2CSCCO2)ncc1C(=O)O. The molecule has 6 heteroatoms.